The molecule has 0 spiro atoms. The number of nitrogens with one attached hydrogen (secondary N) is 1. The number of aromatic nitrogens is 1. The Kier molecular flexibility index (Phi) is 10.3. The number of methoxy groups -OCH3 is 1. The highest BCUT2D eigenvalue weighted by atomic mass is 32.1. The maximum atomic E-state index is 13.6. The molecule has 2 aromatic heterocycles. The summed E-state index contributed by atoms with van der Waals surface area (Å²) in [7, 11) is 1.51. The number of rotatable bonds is 10. The number of nitrogens with zero attached hydrogens (tertiary/aromatic N) is 3. The van der Waals surface area contributed by atoms with Gasteiger partial charge in [-0.05, 0) is 80.5 Å². The number of carbonyl (C=O) groups excluding carboxylic acids is 3. The zero-order valence-corrected chi connectivity index (χ0v) is 22.9. The first-order valence-electron chi connectivity index (χ1n) is 13.5. The molecule has 1 saturated heterocycles. The molecule has 1 aliphatic carbocycles. The number of amides is 3. The Morgan fingerprint density at radius 1 is 1.16 bits per heavy atom. The topological polar surface area (TPSA) is 118 Å². The molecule has 1 unspecified atom stereocenters. The van der Waals surface area contributed by atoms with Crippen molar-refractivity contribution in [2.45, 2.75) is 57.2 Å². The number of carbonyl (C=O) groups is 3. The molecule has 1 saturated carbocycles. The van der Waals surface area contributed by atoms with E-state index in [1.54, 1.807) is 34.6 Å². The van der Waals surface area contributed by atoms with Crippen LogP contribution in [0.15, 0.2) is 42.0 Å². The molecule has 9 nitrogen and oxygen atoms in total. The van der Waals surface area contributed by atoms with E-state index < -0.39 is 6.04 Å². The van der Waals surface area contributed by atoms with Crippen molar-refractivity contribution in [3.8, 4) is 0 Å². The normalized spacial score (nSPS) is 23.6. The van der Waals surface area contributed by atoms with Gasteiger partial charge in [0.1, 0.15) is 12.6 Å². The molecule has 0 bridgehead atoms. The highest BCUT2D eigenvalue weighted by Gasteiger charge is 2.40. The number of hydrogen-bond donors (Lipinski definition) is 2. The molecule has 3 amide bonds. The molecule has 2 aliphatic rings. The van der Waals surface area contributed by atoms with E-state index in [2.05, 4.69) is 10.3 Å². The molecular weight excluding hydrogens is 502 g/mol. The molecule has 2 atom stereocenters. The van der Waals surface area contributed by atoms with Gasteiger partial charge in [0.15, 0.2) is 0 Å². The van der Waals surface area contributed by atoms with Gasteiger partial charge in [0, 0.05) is 43.5 Å². The van der Waals surface area contributed by atoms with Gasteiger partial charge >= 0.3 is 0 Å². The average molecular weight is 542 g/mol. The fourth-order valence-corrected chi connectivity index (χ4v) is 6.31. The van der Waals surface area contributed by atoms with E-state index in [1.807, 2.05) is 22.4 Å². The maximum absolute atomic E-state index is 13.6. The average Bonchev–Trinajstić information content (AvgIpc) is 3.48. The first-order chi connectivity index (χ1) is 18.5. The Balaban J connectivity index is 1.50. The summed E-state index contributed by atoms with van der Waals surface area (Å²) < 4.78 is 5.16. The van der Waals surface area contributed by atoms with Crippen molar-refractivity contribution >= 4 is 29.1 Å². The number of thiophene rings is 1. The lowest BCUT2D eigenvalue weighted by atomic mass is 9.82. The van der Waals surface area contributed by atoms with Gasteiger partial charge in [-0.25, -0.2) is 0 Å². The first kappa shape index (κ1) is 28.2. The van der Waals surface area contributed by atoms with Crippen molar-refractivity contribution in [2.75, 3.05) is 33.4 Å². The molecule has 2 fully saturated rings. The van der Waals surface area contributed by atoms with Gasteiger partial charge in [0.2, 0.25) is 11.8 Å². The lowest BCUT2D eigenvalue weighted by Crippen LogP contribution is -2.58. The van der Waals surface area contributed by atoms with Crippen LogP contribution < -0.4 is 11.1 Å². The lowest BCUT2D eigenvalue weighted by Gasteiger charge is -2.43. The number of likely N-dealkylation sites (tertiary alicyclic amines) is 1. The molecule has 1 aliphatic heterocycles. The van der Waals surface area contributed by atoms with Crippen molar-refractivity contribution in [1.82, 2.24) is 20.1 Å². The molecular formula is C28H39N5O4S. The van der Waals surface area contributed by atoms with Crippen molar-refractivity contribution in [2.24, 2.45) is 17.6 Å². The van der Waals surface area contributed by atoms with E-state index in [-0.39, 0.29) is 30.4 Å². The minimum absolute atomic E-state index is 0.0253. The predicted octanol–water partition coefficient (Wildman–Crippen LogP) is 2.67. The number of pyridine rings is 1. The molecule has 10 heteroatoms. The molecule has 206 valence electrons. The second-order valence-electron chi connectivity index (χ2n) is 10.3. The summed E-state index contributed by atoms with van der Waals surface area (Å²) in [4.78, 5) is 48.8. The van der Waals surface area contributed by atoms with Crippen LogP contribution in [0.25, 0.3) is 0 Å². The zero-order valence-electron chi connectivity index (χ0n) is 22.1. The highest BCUT2D eigenvalue weighted by Crippen LogP contribution is 2.29. The van der Waals surface area contributed by atoms with Crippen LogP contribution in [0, 0.1) is 11.8 Å². The van der Waals surface area contributed by atoms with Gasteiger partial charge in [-0.1, -0.05) is 6.07 Å². The Labute approximate surface area is 228 Å². The molecule has 2 aromatic rings. The van der Waals surface area contributed by atoms with Gasteiger partial charge < -0.3 is 25.6 Å². The molecule has 0 aromatic carbocycles. The van der Waals surface area contributed by atoms with Crippen LogP contribution in [0.1, 0.15) is 53.8 Å². The van der Waals surface area contributed by atoms with Gasteiger partial charge in [-0.15, -0.1) is 11.3 Å². The SMILES string of the molecule is COCC(=O)N(Cc1cccs1)C1CCN(C(=O)c2cccnc2)[C@@H](C(=O)NCC2CCC(CN)CC2)C1. The van der Waals surface area contributed by atoms with Crippen LogP contribution in [-0.4, -0.2) is 77.9 Å². The minimum Gasteiger partial charge on any atom is -0.375 e. The second kappa shape index (κ2) is 13.8. The van der Waals surface area contributed by atoms with Gasteiger partial charge in [-0.2, -0.15) is 0 Å². The third-order valence-electron chi connectivity index (χ3n) is 7.85. The molecule has 3 N–H and O–H groups in total. The number of piperidine rings is 1. The predicted molar refractivity (Wildman–Crippen MR) is 146 cm³/mol. The largest absolute Gasteiger partial charge is 0.375 e. The lowest BCUT2D eigenvalue weighted by molar-refractivity contribution is -0.141. The highest BCUT2D eigenvalue weighted by molar-refractivity contribution is 7.09. The van der Waals surface area contributed by atoms with E-state index in [4.69, 9.17) is 10.5 Å². The summed E-state index contributed by atoms with van der Waals surface area (Å²) in [5.41, 5.74) is 6.29. The summed E-state index contributed by atoms with van der Waals surface area (Å²) >= 11 is 1.59. The van der Waals surface area contributed by atoms with Crippen LogP contribution in [0.5, 0.6) is 0 Å². The maximum Gasteiger partial charge on any atom is 0.256 e. The van der Waals surface area contributed by atoms with E-state index in [0.717, 1.165) is 37.1 Å². The van der Waals surface area contributed by atoms with E-state index >= 15 is 0 Å². The summed E-state index contributed by atoms with van der Waals surface area (Å²) in [6.07, 6.45) is 8.39. The number of ether oxygens (including phenoxy) is 1. The summed E-state index contributed by atoms with van der Waals surface area (Å²) in [5, 5.41) is 5.13. The Bertz CT molecular complexity index is 1040. The molecule has 0 radical (unpaired) electrons. The first-order valence-corrected chi connectivity index (χ1v) is 14.4. The van der Waals surface area contributed by atoms with Gasteiger partial charge in [0.25, 0.3) is 5.91 Å². The van der Waals surface area contributed by atoms with Crippen LogP contribution >= 0.6 is 11.3 Å². The third-order valence-corrected chi connectivity index (χ3v) is 8.71. The standard InChI is InChI=1S/C28H39N5O4S/c1-37-19-26(34)33(18-24-5-3-13-38-24)23-10-12-32(28(36)22-4-2-11-30-17-22)25(14-23)27(35)31-16-21-8-6-20(15-29)7-9-21/h2-5,11,13,17,20-21,23,25H,6-10,12,14-16,18-19,29H2,1H3,(H,31,35)/t20?,21?,23?,25-/m1/s1. The number of nitrogens with two attached hydrogens (primary N) is 1. The van der Waals surface area contributed by atoms with Crippen LogP contribution in [-0.2, 0) is 20.9 Å². The zero-order chi connectivity index (χ0) is 26.9. The van der Waals surface area contributed by atoms with E-state index in [1.165, 1.54) is 13.3 Å². The van der Waals surface area contributed by atoms with Crippen molar-refractivity contribution in [3.05, 3.63) is 52.5 Å². The van der Waals surface area contributed by atoms with Gasteiger partial charge in [-0.3, -0.25) is 19.4 Å². The molecule has 3 heterocycles. The summed E-state index contributed by atoms with van der Waals surface area (Å²) in [6, 6.07) is 6.54. The van der Waals surface area contributed by atoms with Crippen molar-refractivity contribution in [3.63, 3.8) is 0 Å². The smallest absolute Gasteiger partial charge is 0.256 e. The Hall–Kier alpha value is -2.82. The minimum atomic E-state index is -0.678. The number of hydrogen-bond acceptors (Lipinski definition) is 7. The third kappa shape index (κ3) is 7.18. The summed E-state index contributed by atoms with van der Waals surface area (Å²) in [5.74, 6) is 0.500. The fraction of sp³-hybridized carbons (Fsp3) is 0.571. The van der Waals surface area contributed by atoms with Crippen molar-refractivity contribution in [1.29, 1.82) is 0 Å². The van der Waals surface area contributed by atoms with Gasteiger partial charge in [0.05, 0.1) is 12.1 Å². The second-order valence-corrected chi connectivity index (χ2v) is 11.4. The quantitative estimate of drug-likeness (QED) is 0.478. The monoisotopic (exact) mass is 541 g/mol. The van der Waals surface area contributed by atoms with Crippen molar-refractivity contribution < 1.29 is 19.1 Å². The van der Waals surface area contributed by atoms with Crippen LogP contribution in [0.4, 0.5) is 0 Å². The van der Waals surface area contributed by atoms with Crippen LogP contribution in [0.3, 0.4) is 0 Å². The van der Waals surface area contributed by atoms with E-state index in [0.29, 0.717) is 49.9 Å². The summed E-state index contributed by atoms with van der Waals surface area (Å²) in [6.45, 7) is 2.12. The molecule has 38 heavy (non-hydrogen) atoms. The Morgan fingerprint density at radius 2 is 1.95 bits per heavy atom. The molecule has 4 rings (SSSR count). The van der Waals surface area contributed by atoms with E-state index in [9.17, 15) is 14.4 Å². The fourth-order valence-electron chi connectivity index (χ4n) is 5.61. The van der Waals surface area contributed by atoms with Crippen LogP contribution in [0.2, 0.25) is 0 Å². The Morgan fingerprint density at radius 3 is 2.61 bits per heavy atom.